The average molecular weight is 278 g/mol. The standard InChI is InChI=1S/C11H10Cl2FNO2/c12-8-3-7(4-9(13)5-8)11(14)1-2-15(6-11)10(16)17/h3-5H,1-2,6H2,(H,16,17). The number of amides is 1. The summed E-state index contributed by atoms with van der Waals surface area (Å²) >= 11 is 11.6. The maximum absolute atomic E-state index is 14.6. The first-order valence-electron chi connectivity index (χ1n) is 5.04. The molecule has 1 atom stereocenters. The van der Waals surface area contributed by atoms with Crippen LogP contribution in [0.15, 0.2) is 18.2 Å². The Morgan fingerprint density at radius 3 is 2.41 bits per heavy atom. The maximum atomic E-state index is 14.6. The van der Waals surface area contributed by atoms with Crippen molar-refractivity contribution >= 4 is 29.3 Å². The smallest absolute Gasteiger partial charge is 0.407 e. The molecule has 0 aromatic heterocycles. The topological polar surface area (TPSA) is 40.5 Å². The third kappa shape index (κ3) is 2.48. The molecule has 1 fully saturated rings. The largest absolute Gasteiger partial charge is 0.465 e. The zero-order valence-corrected chi connectivity index (χ0v) is 10.3. The summed E-state index contributed by atoms with van der Waals surface area (Å²) < 4.78 is 14.6. The Balaban J connectivity index is 2.30. The second-order valence-corrected chi connectivity index (χ2v) is 4.95. The molecule has 92 valence electrons. The Labute approximate surface area is 108 Å². The fourth-order valence-corrected chi connectivity index (χ4v) is 2.51. The monoisotopic (exact) mass is 277 g/mol. The minimum absolute atomic E-state index is 0.121. The molecule has 1 aliphatic heterocycles. The van der Waals surface area contributed by atoms with E-state index < -0.39 is 11.8 Å². The van der Waals surface area contributed by atoms with Gasteiger partial charge in [0.05, 0.1) is 6.54 Å². The van der Waals surface area contributed by atoms with Gasteiger partial charge in [0, 0.05) is 23.0 Å². The minimum atomic E-state index is -1.70. The molecular formula is C11H10Cl2FNO2. The van der Waals surface area contributed by atoms with E-state index in [2.05, 4.69) is 0 Å². The number of rotatable bonds is 1. The lowest BCUT2D eigenvalue weighted by Gasteiger charge is -2.20. The molecule has 1 unspecified atom stereocenters. The third-order valence-electron chi connectivity index (χ3n) is 2.87. The van der Waals surface area contributed by atoms with Gasteiger partial charge in [-0.2, -0.15) is 0 Å². The van der Waals surface area contributed by atoms with E-state index in [1.165, 1.54) is 18.2 Å². The predicted molar refractivity (Wildman–Crippen MR) is 63.5 cm³/mol. The van der Waals surface area contributed by atoms with Crippen molar-refractivity contribution < 1.29 is 14.3 Å². The Hall–Kier alpha value is -1.000. The quantitative estimate of drug-likeness (QED) is 0.853. The van der Waals surface area contributed by atoms with E-state index >= 15 is 0 Å². The zero-order chi connectivity index (χ0) is 12.6. The van der Waals surface area contributed by atoms with E-state index in [-0.39, 0.29) is 19.5 Å². The van der Waals surface area contributed by atoms with Crippen molar-refractivity contribution in [2.75, 3.05) is 13.1 Å². The van der Waals surface area contributed by atoms with Crippen molar-refractivity contribution in [1.29, 1.82) is 0 Å². The van der Waals surface area contributed by atoms with Crippen LogP contribution in [0.25, 0.3) is 0 Å². The summed E-state index contributed by atoms with van der Waals surface area (Å²) in [5.41, 5.74) is -1.37. The van der Waals surface area contributed by atoms with Gasteiger partial charge in [-0.3, -0.25) is 0 Å². The van der Waals surface area contributed by atoms with E-state index in [0.717, 1.165) is 4.90 Å². The molecule has 0 saturated carbocycles. The van der Waals surface area contributed by atoms with Crippen molar-refractivity contribution in [2.24, 2.45) is 0 Å². The average Bonchev–Trinajstić information content (AvgIpc) is 2.61. The Bertz CT molecular complexity index is 449. The minimum Gasteiger partial charge on any atom is -0.465 e. The highest BCUT2D eigenvalue weighted by Crippen LogP contribution is 2.38. The lowest BCUT2D eigenvalue weighted by Crippen LogP contribution is -2.30. The molecular weight excluding hydrogens is 268 g/mol. The summed E-state index contributed by atoms with van der Waals surface area (Å²) in [5, 5.41) is 9.50. The second-order valence-electron chi connectivity index (χ2n) is 4.08. The van der Waals surface area contributed by atoms with Gasteiger partial charge >= 0.3 is 6.09 Å². The highest BCUT2D eigenvalue weighted by molar-refractivity contribution is 6.34. The number of benzene rings is 1. The van der Waals surface area contributed by atoms with Crippen LogP contribution in [0.3, 0.4) is 0 Å². The Kier molecular flexibility index (Phi) is 3.19. The second kappa shape index (κ2) is 4.35. The number of halogens is 3. The van der Waals surface area contributed by atoms with Crippen LogP contribution >= 0.6 is 23.2 Å². The highest BCUT2D eigenvalue weighted by atomic mass is 35.5. The van der Waals surface area contributed by atoms with Gasteiger partial charge in [-0.15, -0.1) is 0 Å². The lowest BCUT2D eigenvalue weighted by molar-refractivity contribution is 0.134. The van der Waals surface area contributed by atoms with Crippen molar-refractivity contribution in [2.45, 2.75) is 12.1 Å². The summed E-state index contributed by atoms with van der Waals surface area (Å²) in [6, 6.07) is 4.48. The molecule has 0 aliphatic carbocycles. The van der Waals surface area contributed by atoms with Crippen LogP contribution in [0.1, 0.15) is 12.0 Å². The summed E-state index contributed by atoms with van der Waals surface area (Å²) in [4.78, 5) is 11.8. The number of hydrogen-bond acceptors (Lipinski definition) is 1. The molecule has 1 N–H and O–H groups in total. The molecule has 2 rings (SSSR count). The van der Waals surface area contributed by atoms with E-state index in [1.807, 2.05) is 0 Å². The van der Waals surface area contributed by atoms with E-state index in [0.29, 0.717) is 15.6 Å². The first-order valence-corrected chi connectivity index (χ1v) is 5.80. The number of nitrogens with zero attached hydrogens (tertiary/aromatic N) is 1. The SMILES string of the molecule is O=C(O)N1CCC(F)(c2cc(Cl)cc(Cl)c2)C1. The fourth-order valence-electron chi connectivity index (χ4n) is 1.98. The molecule has 1 heterocycles. The number of carbonyl (C=O) groups is 1. The van der Waals surface area contributed by atoms with Crippen molar-refractivity contribution in [1.82, 2.24) is 4.90 Å². The van der Waals surface area contributed by atoms with Crippen molar-refractivity contribution in [3.63, 3.8) is 0 Å². The number of alkyl halides is 1. The van der Waals surface area contributed by atoms with Crippen LogP contribution in [-0.2, 0) is 5.67 Å². The molecule has 0 radical (unpaired) electrons. The normalized spacial score (nSPS) is 24.1. The summed E-state index contributed by atoms with van der Waals surface area (Å²) in [7, 11) is 0. The van der Waals surface area contributed by atoms with Crippen molar-refractivity contribution in [3.8, 4) is 0 Å². The van der Waals surface area contributed by atoms with Gasteiger partial charge in [-0.25, -0.2) is 9.18 Å². The first kappa shape index (κ1) is 12.5. The summed E-state index contributed by atoms with van der Waals surface area (Å²) in [6.07, 6.45) is -0.992. The van der Waals surface area contributed by atoms with Gasteiger partial charge in [0.1, 0.15) is 0 Å². The van der Waals surface area contributed by atoms with Gasteiger partial charge in [0.25, 0.3) is 0 Å². The molecule has 17 heavy (non-hydrogen) atoms. The van der Waals surface area contributed by atoms with Gasteiger partial charge in [-0.1, -0.05) is 23.2 Å². The molecule has 0 spiro atoms. The van der Waals surface area contributed by atoms with Crippen LogP contribution < -0.4 is 0 Å². The van der Waals surface area contributed by atoms with Crippen molar-refractivity contribution in [3.05, 3.63) is 33.8 Å². The van der Waals surface area contributed by atoms with Gasteiger partial charge < -0.3 is 10.0 Å². The third-order valence-corrected chi connectivity index (χ3v) is 3.31. The Morgan fingerprint density at radius 1 is 1.35 bits per heavy atom. The molecule has 1 amide bonds. The maximum Gasteiger partial charge on any atom is 0.407 e. The number of hydrogen-bond donors (Lipinski definition) is 1. The highest BCUT2D eigenvalue weighted by Gasteiger charge is 2.42. The Morgan fingerprint density at radius 2 is 1.94 bits per heavy atom. The summed E-state index contributed by atoms with van der Waals surface area (Å²) in [5.74, 6) is 0. The fraction of sp³-hybridized carbons (Fsp3) is 0.364. The van der Waals surface area contributed by atoms with Crippen LogP contribution in [-0.4, -0.2) is 29.2 Å². The molecule has 0 bridgehead atoms. The molecule has 1 aromatic carbocycles. The predicted octanol–water partition coefficient (Wildman–Crippen LogP) is 3.54. The van der Waals surface area contributed by atoms with Gasteiger partial charge in [0.15, 0.2) is 5.67 Å². The zero-order valence-electron chi connectivity index (χ0n) is 8.79. The van der Waals surface area contributed by atoms with E-state index in [1.54, 1.807) is 0 Å². The van der Waals surface area contributed by atoms with Crippen LogP contribution in [0.5, 0.6) is 0 Å². The van der Waals surface area contributed by atoms with Gasteiger partial charge in [-0.05, 0) is 23.8 Å². The molecule has 1 aliphatic rings. The van der Waals surface area contributed by atoms with Crippen LogP contribution in [0.2, 0.25) is 10.0 Å². The number of likely N-dealkylation sites (tertiary alicyclic amines) is 1. The lowest BCUT2D eigenvalue weighted by atomic mass is 9.95. The van der Waals surface area contributed by atoms with Crippen LogP contribution in [0.4, 0.5) is 9.18 Å². The van der Waals surface area contributed by atoms with Crippen LogP contribution in [0, 0.1) is 0 Å². The number of carboxylic acid groups (broad SMARTS) is 1. The van der Waals surface area contributed by atoms with Gasteiger partial charge in [0.2, 0.25) is 0 Å². The molecule has 1 saturated heterocycles. The molecule has 1 aromatic rings. The summed E-state index contributed by atoms with van der Waals surface area (Å²) in [6.45, 7) is -0.00499. The molecule has 3 nitrogen and oxygen atoms in total. The van der Waals surface area contributed by atoms with E-state index in [9.17, 15) is 9.18 Å². The molecule has 6 heteroatoms. The first-order chi connectivity index (χ1) is 7.90. The van der Waals surface area contributed by atoms with E-state index in [4.69, 9.17) is 28.3 Å².